The molecule has 0 aromatic heterocycles. The van der Waals surface area contributed by atoms with E-state index >= 15 is 0 Å². The SMILES string of the molecule is C=CCNC(=O)[C@@](C)(CF)N(C)CC(C)(C)c1cc(F)cc(F)c1. The second-order valence-corrected chi connectivity index (χ2v) is 6.80. The van der Waals surface area contributed by atoms with Crippen LogP contribution in [-0.4, -0.2) is 43.2 Å². The lowest BCUT2D eigenvalue weighted by Crippen LogP contribution is -2.59. The third-order valence-electron chi connectivity index (χ3n) is 4.28. The highest BCUT2D eigenvalue weighted by Crippen LogP contribution is 2.28. The van der Waals surface area contributed by atoms with Gasteiger partial charge < -0.3 is 5.32 Å². The Labute approximate surface area is 141 Å². The third-order valence-corrected chi connectivity index (χ3v) is 4.28. The van der Waals surface area contributed by atoms with Crippen LogP contribution in [0.5, 0.6) is 0 Å². The number of nitrogens with one attached hydrogen (secondary N) is 1. The first-order valence-corrected chi connectivity index (χ1v) is 7.70. The number of hydrogen-bond donors (Lipinski definition) is 1. The van der Waals surface area contributed by atoms with E-state index in [1.807, 2.05) is 0 Å². The molecule has 3 nitrogen and oxygen atoms in total. The lowest BCUT2D eigenvalue weighted by Gasteiger charge is -2.40. The smallest absolute Gasteiger partial charge is 0.243 e. The van der Waals surface area contributed by atoms with E-state index in [4.69, 9.17) is 0 Å². The van der Waals surface area contributed by atoms with Gasteiger partial charge in [0.2, 0.25) is 5.91 Å². The maximum absolute atomic E-state index is 13.6. The van der Waals surface area contributed by atoms with Gasteiger partial charge >= 0.3 is 0 Å². The Morgan fingerprint density at radius 3 is 2.25 bits per heavy atom. The average molecular weight is 342 g/mol. The van der Waals surface area contributed by atoms with E-state index in [1.54, 1.807) is 25.8 Å². The van der Waals surface area contributed by atoms with E-state index in [-0.39, 0.29) is 13.1 Å². The molecule has 134 valence electrons. The van der Waals surface area contributed by atoms with Crippen LogP contribution in [0.15, 0.2) is 30.9 Å². The number of rotatable bonds is 8. The largest absolute Gasteiger partial charge is 0.351 e. The van der Waals surface area contributed by atoms with Crippen molar-refractivity contribution in [1.29, 1.82) is 0 Å². The molecule has 0 unspecified atom stereocenters. The highest BCUT2D eigenvalue weighted by molar-refractivity contribution is 5.86. The van der Waals surface area contributed by atoms with Crippen LogP contribution in [0.3, 0.4) is 0 Å². The summed E-state index contributed by atoms with van der Waals surface area (Å²) in [7, 11) is 1.62. The zero-order valence-corrected chi connectivity index (χ0v) is 14.6. The summed E-state index contributed by atoms with van der Waals surface area (Å²) in [5.41, 5.74) is -1.63. The lowest BCUT2D eigenvalue weighted by molar-refractivity contribution is -0.133. The maximum atomic E-state index is 13.6. The molecule has 0 aliphatic heterocycles. The molecular formula is C18H25F3N2O. The van der Waals surface area contributed by atoms with Gasteiger partial charge in [0, 0.05) is 24.6 Å². The molecule has 1 aromatic carbocycles. The van der Waals surface area contributed by atoms with Crippen LogP contribution in [0.25, 0.3) is 0 Å². The van der Waals surface area contributed by atoms with Crippen molar-refractivity contribution in [3.05, 3.63) is 48.1 Å². The van der Waals surface area contributed by atoms with Gasteiger partial charge in [-0.3, -0.25) is 9.69 Å². The van der Waals surface area contributed by atoms with Gasteiger partial charge in [0.15, 0.2) is 0 Å². The van der Waals surface area contributed by atoms with Gasteiger partial charge in [0.05, 0.1) is 0 Å². The van der Waals surface area contributed by atoms with E-state index in [0.717, 1.165) is 6.07 Å². The van der Waals surface area contributed by atoms with E-state index in [1.165, 1.54) is 25.1 Å². The lowest BCUT2D eigenvalue weighted by atomic mass is 9.82. The zero-order valence-electron chi connectivity index (χ0n) is 14.6. The molecule has 0 spiro atoms. The maximum Gasteiger partial charge on any atom is 0.243 e. The van der Waals surface area contributed by atoms with Crippen molar-refractivity contribution in [3.8, 4) is 0 Å². The van der Waals surface area contributed by atoms with E-state index in [2.05, 4.69) is 11.9 Å². The predicted octanol–water partition coefficient (Wildman–Crippen LogP) is 3.20. The fourth-order valence-corrected chi connectivity index (χ4v) is 2.49. The summed E-state index contributed by atoms with van der Waals surface area (Å²) < 4.78 is 40.6. The van der Waals surface area contributed by atoms with Crippen molar-refractivity contribution in [2.75, 3.05) is 26.8 Å². The van der Waals surface area contributed by atoms with Crippen LogP contribution in [0.4, 0.5) is 13.2 Å². The van der Waals surface area contributed by atoms with E-state index in [0.29, 0.717) is 5.56 Å². The first-order valence-electron chi connectivity index (χ1n) is 7.70. The van der Waals surface area contributed by atoms with Crippen LogP contribution in [0.2, 0.25) is 0 Å². The summed E-state index contributed by atoms with van der Waals surface area (Å²) in [4.78, 5) is 13.8. The molecule has 0 saturated carbocycles. The van der Waals surface area contributed by atoms with Gasteiger partial charge in [-0.2, -0.15) is 0 Å². The van der Waals surface area contributed by atoms with Crippen molar-refractivity contribution in [2.24, 2.45) is 0 Å². The number of halogens is 3. The summed E-state index contributed by atoms with van der Waals surface area (Å²) >= 11 is 0. The first kappa shape index (κ1) is 20.2. The fraction of sp³-hybridized carbons (Fsp3) is 0.500. The zero-order chi connectivity index (χ0) is 18.5. The van der Waals surface area contributed by atoms with Gasteiger partial charge in [0.1, 0.15) is 23.8 Å². The third kappa shape index (κ3) is 4.60. The Kier molecular flexibility index (Phi) is 6.60. The van der Waals surface area contributed by atoms with Crippen molar-refractivity contribution >= 4 is 5.91 Å². The minimum Gasteiger partial charge on any atom is -0.351 e. The molecule has 1 rings (SSSR count). The molecule has 0 bridgehead atoms. The quantitative estimate of drug-likeness (QED) is 0.736. The first-order chi connectivity index (χ1) is 11.1. The summed E-state index contributed by atoms with van der Waals surface area (Å²) in [5, 5.41) is 2.59. The van der Waals surface area contributed by atoms with Gasteiger partial charge in [-0.05, 0) is 31.7 Å². The number of hydrogen-bond acceptors (Lipinski definition) is 2. The van der Waals surface area contributed by atoms with Crippen LogP contribution < -0.4 is 5.32 Å². The summed E-state index contributed by atoms with van der Waals surface area (Å²) in [6, 6.07) is 3.31. The van der Waals surface area contributed by atoms with Crippen LogP contribution >= 0.6 is 0 Å². The summed E-state index contributed by atoms with van der Waals surface area (Å²) in [6.45, 7) is 8.16. The molecule has 0 radical (unpaired) electrons. The monoisotopic (exact) mass is 342 g/mol. The minimum absolute atomic E-state index is 0.234. The molecule has 1 atom stereocenters. The fourth-order valence-electron chi connectivity index (χ4n) is 2.49. The van der Waals surface area contributed by atoms with Crippen molar-refractivity contribution < 1.29 is 18.0 Å². The highest BCUT2D eigenvalue weighted by Gasteiger charge is 2.40. The van der Waals surface area contributed by atoms with E-state index < -0.39 is 35.2 Å². The number of amides is 1. The van der Waals surface area contributed by atoms with E-state index in [9.17, 15) is 18.0 Å². The summed E-state index contributed by atoms with van der Waals surface area (Å²) in [5.74, 6) is -1.80. The van der Waals surface area contributed by atoms with Crippen molar-refractivity contribution in [3.63, 3.8) is 0 Å². The molecule has 24 heavy (non-hydrogen) atoms. The molecule has 0 fully saturated rings. The standard InChI is InChI=1S/C18H25F3N2O/c1-6-7-22-16(24)18(4,11-19)23(5)12-17(2,3)13-8-14(20)10-15(21)9-13/h6,8-10H,1,7,11-12H2,2-5H3,(H,22,24)/t18-/m1/s1. The Balaban J connectivity index is 3.02. The van der Waals surface area contributed by atoms with Gasteiger partial charge in [0.25, 0.3) is 0 Å². The molecule has 0 saturated heterocycles. The Morgan fingerprint density at radius 1 is 1.25 bits per heavy atom. The molecule has 1 N–H and O–H groups in total. The van der Waals surface area contributed by atoms with Gasteiger partial charge in [-0.25, -0.2) is 13.2 Å². The topological polar surface area (TPSA) is 32.3 Å². The van der Waals surface area contributed by atoms with Gasteiger partial charge in [-0.15, -0.1) is 6.58 Å². The van der Waals surface area contributed by atoms with Crippen molar-refractivity contribution in [2.45, 2.75) is 31.7 Å². The Morgan fingerprint density at radius 2 is 1.79 bits per heavy atom. The molecule has 6 heteroatoms. The molecule has 0 aliphatic carbocycles. The summed E-state index contributed by atoms with van der Waals surface area (Å²) in [6.07, 6.45) is 1.51. The second-order valence-electron chi connectivity index (χ2n) is 6.80. The van der Waals surface area contributed by atoms with Gasteiger partial charge in [-0.1, -0.05) is 19.9 Å². The number of nitrogens with zero attached hydrogens (tertiary/aromatic N) is 1. The number of likely N-dealkylation sites (N-methyl/N-ethyl adjacent to an activating group) is 1. The van der Waals surface area contributed by atoms with Crippen LogP contribution in [0, 0.1) is 11.6 Å². The normalized spacial score (nSPS) is 14.3. The average Bonchev–Trinajstić information content (AvgIpc) is 2.50. The number of carbonyl (C=O) groups excluding carboxylic acids is 1. The Hall–Kier alpha value is -1.82. The molecule has 0 aliphatic rings. The van der Waals surface area contributed by atoms with Crippen LogP contribution in [-0.2, 0) is 10.2 Å². The Bertz CT molecular complexity index is 584. The molecule has 0 heterocycles. The van der Waals surface area contributed by atoms with Crippen molar-refractivity contribution in [1.82, 2.24) is 10.2 Å². The molecule has 1 amide bonds. The predicted molar refractivity (Wildman–Crippen MR) is 89.6 cm³/mol. The number of carbonyl (C=O) groups is 1. The number of benzene rings is 1. The molecular weight excluding hydrogens is 317 g/mol. The minimum atomic E-state index is -1.38. The van der Waals surface area contributed by atoms with Crippen LogP contribution in [0.1, 0.15) is 26.3 Å². The number of alkyl halides is 1. The second kappa shape index (κ2) is 7.83. The highest BCUT2D eigenvalue weighted by atomic mass is 19.1. The molecule has 1 aromatic rings.